The van der Waals surface area contributed by atoms with Crippen molar-refractivity contribution in [3.8, 4) is 5.69 Å². The first-order chi connectivity index (χ1) is 13.6. The number of halogens is 3. The van der Waals surface area contributed by atoms with Crippen molar-refractivity contribution in [2.24, 2.45) is 0 Å². The highest BCUT2D eigenvalue weighted by molar-refractivity contribution is 5.78. The highest BCUT2D eigenvalue weighted by atomic mass is 19.4. The maximum Gasteiger partial charge on any atom is 0.416 e. The zero-order valence-corrected chi connectivity index (χ0v) is 15.9. The van der Waals surface area contributed by atoms with Crippen molar-refractivity contribution >= 4 is 5.91 Å². The van der Waals surface area contributed by atoms with E-state index in [4.69, 9.17) is 0 Å². The number of alkyl halides is 3. The van der Waals surface area contributed by atoms with Crippen molar-refractivity contribution in [1.29, 1.82) is 0 Å². The molecule has 1 N–H and O–H groups in total. The summed E-state index contributed by atoms with van der Waals surface area (Å²) in [4.78, 5) is 12.3. The molecule has 1 amide bonds. The van der Waals surface area contributed by atoms with E-state index in [9.17, 15) is 18.0 Å². The predicted molar refractivity (Wildman–Crippen MR) is 100 cm³/mol. The van der Waals surface area contributed by atoms with E-state index in [1.807, 2.05) is 0 Å². The van der Waals surface area contributed by atoms with Gasteiger partial charge in [-0.3, -0.25) is 4.79 Å². The molecule has 3 aromatic rings. The SMILES string of the molecule is CC(C)(CNC(=O)Cc1ccc(-n2cnnn2)cc1)c1cccc(C(F)(F)F)c1. The van der Waals surface area contributed by atoms with Gasteiger partial charge < -0.3 is 5.32 Å². The molecule has 0 spiro atoms. The molecule has 0 unspecified atom stereocenters. The molecule has 0 aliphatic rings. The molecule has 0 bridgehead atoms. The number of nitrogens with zero attached hydrogens (tertiary/aromatic N) is 4. The van der Waals surface area contributed by atoms with E-state index in [1.165, 1.54) is 17.1 Å². The summed E-state index contributed by atoms with van der Waals surface area (Å²) in [5.74, 6) is -0.208. The van der Waals surface area contributed by atoms with Crippen LogP contribution in [0.4, 0.5) is 13.2 Å². The number of tetrazole rings is 1. The lowest BCUT2D eigenvalue weighted by Crippen LogP contribution is -2.37. The van der Waals surface area contributed by atoms with Crippen LogP contribution in [-0.2, 0) is 22.8 Å². The lowest BCUT2D eigenvalue weighted by Gasteiger charge is -2.26. The molecule has 2 aromatic carbocycles. The summed E-state index contributed by atoms with van der Waals surface area (Å²) in [6.45, 7) is 3.81. The highest BCUT2D eigenvalue weighted by Crippen LogP contribution is 2.32. The number of aromatic nitrogens is 4. The number of carbonyl (C=O) groups excluding carboxylic acids is 1. The van der Waals surface area contributed by atoms with Gasteiger partial charge in [-0.15, -0.1) is 5.10 Å². The minimum Gasteiger partial charge on any atom is -0.355 e. The van der Waals surface area contributed by atoms with Crippen LogP contribution in [0.15, 0.2) is 54.9 Å². The summed E-state index contributed by atoms with van der Waals surface area (Å²) in [5, 5.41) is 13.7. The van der Waals surface area contributed by atoms with Crippen LogP contribution < -0.4 is 5.32 Å². The lowest BCUT2D eigenvalue weighted by molar-refractivity contribution is -0.137. The maximum atomic E-state index is 12.9. The van der Waals surface area contributed by atoms with Gasteiger partial charge in [0.05, 0.1) is 17.7 Å². The summed E-state index contributed by atoms with van der Waals surface area (Å²) in [6.07, 6.45) is -2.77. The number of nitrogens with one attached hydrogen (secondary N) is 1. The van der Waals surface area contributed by atoms with Gasteiger partial charge in [-0.05, 0) is 39.8 Å². The molecule has 0 saturated heterocycles. The van der Waals surface area contributed by atoms with Crippen LogP contribution in [0.25, 0.3) is 5.69 Å². The molecule has 29 heavy (non-hydrogen) atoms. The topological polar surface area (TPSA) is 72.7 Å². The fourth-order valence-electron chi connectivity index (χ4n) is 2.83. The van der Waals surface area contributed by atoms with E-state index in [-0.39, 0.29) is 18.9 Å². The van der Waals surface area contributed by atoms with E-state index in [2.05, 4.69) is 20.8 Å². The quantitative estimate of drug-likeness (QED) is 0.685. The fraction of sp³-hybridized carbons (Fsp3) is 0.300. The second kappa shape index (κ2) is 8.02. The van der Waals surface area contributed by atoms with Gasteiger partial charge in [-0.2, -0.15) is 13.2 Å². The zero-order valence-electron chi connectivity index (χ0n) is 15.9. The molecule has 152 valence electrons. The van der Waals surface area contributed by atoms with Gasteiger partial charge in [0.15, 0.2) is 0 Å². The normalized spacial score (nSPS) is 12.0. The Balaban J connectivity index is 1.60. The third-order valence-corrected chi connectivity index (χ3v) is 4.61. The van der Waals surface area contributed by atoms with Crippen molar-refractivity contribution in [3.05, 3.63) is 71.5 Å². The molecule has 9 heteroatoms. The van der Waals surface area contributed by atoms with E-state index in [0.29, 0.717) is 5.56 Å². The number of rotatable bonds is 6. The number of hydrogen-bond acceptors (Lipinski definition) is 4. The van der Waals surface area contributed by atoms with Crippen LogP contribution in [-0.4, -0.2) is 32.7 Å². The molecule has 0 aliphatic heterocycles. The first-order valence-corrected chi connectivity index (χ1v) is 8.92. The second-order valence-corrected chi connectivity index (χ2v) is 7.34. The van der Waals surface area contributed by atoms with Gasteiger partial charge in [-0.25, -0.2) is 4.68 Å². The van der Waals surface area contributed by atoms with Gasteiger partial charge in [0.2, 0.25) is 5.91 Å². The number of hydrogen-bond donors (Lipinski definition) is 1. The van der Waals surface area contributed by atoms with E-state index < -0.39 is 17.2 Å². The van der Waals surface area contributed by atoms with Crippen molar-refractivity contribution in [1.82, 2.24) is 25.5 Å². The largest absolute Gasteiger partial charge is 0.416 e. The molecular formula is C20H20F3N5O. The average Bonchev–Trinajstić information content (AvgIpc) is 3.21. The molecule has 3 rings (SSSR count). The second-order valence-electron chi connectivity index (χ2n) is 7.34. The minimum absolute atomic E-state index is 0.161. The first-order valence-electron chi connectivity index (χ1n) is 8.92. The molecule has 0 fully saturated rings. The number of amides is 1. The molecule has 1 aromatic heterocycles. The predicted octanol–water partition coefficient (Wildman–Crippen LogP) is 3.32. The van der Waals surface area contributed by atoms with E-state index in [0.717, 1.165) is 23.4 Å². The molecule has 1 heterocycles. The summed E-state index contributed by atoms with van der Waals surface area (Å²) < 4.78 is 40.3. The molecular weight excluding hydrogens is 383 g/mol. The minimum atomic E-state index is -4.40. The van der Waals surface area contributed by atoms with Crippen molar-refractivity contribution in [2.45, 2.75) is 31.9 Å². The third-order valence-electron chi connectivity index (χ3n) is 4.61. The van der Waals surface area contributed by atoms with Crippen LogP contribution in [0.3, 0.4) is 0 Å². The van der Waals surface area contributed by atoms with Crippen molar-refractivity contribution < 1.29 is 18.0 Å². The van der Waals surface area contributed by atoms with Crippen LogP contribution in [0, 0.1) is 0 Å². The summed E-state index contributed by atoms with van der Waals surface area (Å²) in [5.41, 5.74) is 0.734. The molecule has 0 radical (unpaired) electrons. The zero-order chi connectivity index (χ0) is 21.1. The first kappa shape index (κ1) is 20.5. The third kappa shape index (κ3) is 5.18. The Kier molecular flexibility index (Phi) is 5.67. The number of carbonyl (C=O) groups is 1. The molecule has 0 saturated carbocycles. The Morgan fingerprint density at radius 3 is 2.38 bits per heavy atom. The standard InChI is InChI=1S/C20H20F3N5O/c1-19(2,15-4-3-5-16(11-15)20(21,22)23)12-24-18(29)10-14-6-8-17(9-7-14)28-13-25-26-27-28/h3-9,11,13H,10,12H2,1-2H3,(H,24,29). The Hall–Kier alpha value is -3.23. The maximum absolute atomic E-state index is 12.9. The molecule has 6 nitrogen and oxygen atoms in total. The van der Waals surface area contributed by atoms with Gasteiger partial charge in [0.25, 0.3) is 0 Å². The summed E-state index contributed by atoms with van der Waals surface area (Å²) in [6, 6.07) is 12.4. The van der Waals surface area contributed by atoms with Gasteiger partial charge >= 0.3 is 6.18 Å². The fourth-order valence-corrected chi connectivity index (χ4v) is 2.83. The van der Waals surface area contributed by atoms with Gasteiger partial charge in [0.1, 0.15) is 6.33 Å². The van der Waals surface area contributed by atoms with Gasteiger partial charge in [0, 0.05) is 12.0 Å². The van der Waals surface area contributed by atoms with Crippen LogP contribution >= 0.6 is 0 Å². The monoisotopic (exact) mass is 403 g/mol. The Labute approximate surface area is 165 Å². The summed E-state index contributed by atoms with van der Waals surface area (Å²) >= 11 is 0. The van der Waals surface area contributed by atoms with E-state index >= 15 is 0 Å². The highest BCUT2D eigenvalue weighted by Gasteiger charge is 2.32. The van der Waals surface area contributed by atoms with Crippen LogP contribution in [0.2, 0.25) is 0 Å². The Morgan fingerprint density at radius 2 is 1.76 bits per heavy atom. The Morgan fingerprint density at radius 1 is 1.07 bits per heavy atom. The summed E-state index contributed by atoms with van der Waals surface area (Å²) in [7, 11) is 0. The van der Waals surface area contributed by atoms with Crippen molar-refractivity contribution in [2.75, 3.05) is 6.54 Å². The molecule has 0 atom stereocenters. The molecule has 0 aliphatic carbocycles. The van der Waals surface area contributed by atoms with E-state index in [1.54, 1.807) is 44.2 Å². The van der Waals surface area contributed by atoms with Crippen LogP contribution in [0.1, 0.15) is 30.5 Å². The van der Waals surface area contributed by atoms with Crippen molar-refractivity contribution in [3.63, 3.8) is 0 Å². The lowest BCUT2D eigenvalue weighted by atomic mass is 9.83. The Bertz CT molecular complexity index is 967. The average molecular weight is 403 g/mol. The van der Waals surface area contributed by atoms with Gasteiger partial charge in [-0.1, -0.05) is 44.2 Å². The number of benzene rings is 2. The van der Waals surface area contributed by atoms with Crippen LogP contribution in [0.5, 0.6) is 0 Å². The smallest absolute Gasteiger partial charge is 0.355 e.